The molecule has 0 bridgehead atoms. The molecule has 0 saturated carbocycles. The SMILES string of the molecule is CNC(C)c1nnc(NCC(=O)NCC(C)C)o1. The van der Waals surface area contributed by atoms with Crippen LogP contribution in [0.15, 0.2) is 4.42 Å². The Morgan fingerprint density at radius 3 is 2.67 bits per heavy atom. The third kappa shape index (κ3) is 4.70. The molecule has 102 valence electrons. The molecule has 7 heteroatoms. The quantitative estimate of drug-likeness (QED) is 0.658. The summed E-state index contributed by atoms with van der Waals surface area (Å²) in [5.41, 5.74) is 0. The van der Waals surface area contributed by atoms with E-state index in [0.29, 0.717) is 18.4 Å². The maximum absolute atomic E-state index is 11.4. The van der Waals surface area contributed by atoms with Crippen LogP contribution in [0.2, 0.25) is 0 Å². The number of hydrogen-bond acceptors (Lipinski definition) is 6. The Morgan fingerprint density at radius 1 is 1.33 bits per heavy atom. The minimum atomic E-state index is -0.0925. The van der Waals surface area contributed by atoms with E-state index in [2.05, 4.69) is 26.1 Å². The van der Waals surface area contributed by atoms with Crippen molar-refractivity contribution in [1.29, 1.82) is 0 Å². The van der Waals surface area contributed by atoms with Crippen LogP contribution in [0.1, 0.15) is 32.7 Å². The molecule has 0 aromatic carbocycles. The van der Waals surface area contributed by atoms with E-state index in [1.807, 2.05) is 20.8 Å². The molecule has 18 heavy (non-hydrogen) atoms. The molecule has 1 unspecified atom stereocenters. The van der Waals surface area contributed by atoms with Crippen molar-refractivity contribution in [2.45, 2.75) is 26.8 Å². The minimum absolute atomic E-state index is 0.0113. The Hall–Kier alpha value is -1.63. The van der Waals surface area contributed by atoms with Gasteiger partial charge in [0.15, 0.2) is 0 Å². The Kier molecular flexibility index (Phi) is 5.57. The van der Waals surface area contributed by atoms with Crippen LogP contribution in [0, 0.1) is 5.92 Å². The first-order chi connectivity index (χ1) is 8.52. The van der Waals surface area contributed by atoms with Gasteiger partial charge in [-0.05, 0) is 19.9 Å². The number of rotatable bonds is 7. The lowest BCUT2D eigenvalue weighted by atomic mass is 10.2. The fourth-order valence-corrected chi connectivity index (χ4v) is 1.14. The molecule has 1 aromatic heterocycles. The van der Waals surface area contributed by atoms with Gasteiger partial charge in [0.2, 0.25) is 11.8 Å². The molecule has 0 aliphatic heterocycles. The predicted molar refractivity (Wildman–Crippen MR) is 68.1 cm³/mol. The number of aromatic nitrogens is 2. The van der Waals surface area contributed by atoms with Crippen molar-refractivity contribution in [3.8, 4) is 0 Å². The van der Waals surface area contributed by atoms with Gasteiger partial charge in [-0.3, -0.25) is 4.79 Å². The van der Waals surface area contributed by atoms with Crippen molar-refractivity contribution in [1.82, 2.24) is 20.8 Å². The third-order valence-corrected chi connectivity index (χ3v) is 2.35. The van der Waals surface area contributed by atoms with Gasteiger partial charge < -0.3 is 20.4 Å². The highest BCUT2D eigenvalue weighted by Gasteiger charge is 2.12. The second-order valence-corrected chi connectivity index (χ2v) is 4.51. The number of carbonyl (C=O) groups excluding carboxylic acids is 1. The van der Waals surface area contributed by atoms with Gasteiger partial charge in [-0.25, -0.2) is 0 Å². The van der Waals surface area contributed by atoms with E-state index in [4.69, 9.17) is 4.42 Å². The lowest BCUT2D eigenvalue weighted by Gasteiger charge is -2.07. The van der Waals surface area contributed by atoms with Crippen LogP contribution in [0.25, 0.3) is 0 Å². The average molecular weight is 255 g/mol. The van der Waals surface area contributed by atoms with Crippen LogP contribution in [0.3, 0.4) is 0 Å². The highest BCUT2D eigenvalue weighted by atomic mass is 16.4. The molecule has 0 spiro atoms. The van der Waals surface area contributed by atoms with Crippen LogP contribution in [0.4, 0.5) is 6.01 Å². The van der Waals surface area contributed by atoms with Crippen LogP contribution in [-0.4, -0.2) is 36.2 Å². The summed E-state index contributed by atoms with van der Waals surface area (Å²) in [5, 5.41) is 16.2. The van der Waals surface area contributed by atoms with E-state index in [-0.39, 0.29) is 24.5 Å². The van der Waals surface area contributed by atoms with Gasteiger partial charge in [-0.15, -0.1) is 5.10 Å². The standard InChI is InChI=1S/C11H21N5O2/c1-7(2)5-13-9(17)6-14-11-16-15-10(18-11)8(3)12-4/h7-8,12H,5-6H2,1-4H3,(H,13,17)(H,14,16). The van der Waals surface area contributed by atoms with Gasteiger partial charge in [0.05, 0.1) is 12.6 Å². The van der Waals surface area contributed by atoms with Crippen LogP contribution in [0.5, 0.6) is 0 Å². The van der Waals surface area contributed by atoms with Gasteiger partial charge in [0.25, 0.3) is 0 Å². The predicted octanol–water partition coefficient (Wildman–Crippen LogP) is 0.534. The number of anilines is 1. The summed E-state index contributed by atoms with van der Waals surface area (Å²) < 4.78 is 5.34. The lowest BCUT2D eigenvalue weighted by molar-refractivity contribution is -0.119. The summed E-state index contributed by atoms with van der Waals surface area (Å²) in [5.74, 6) is 0.827. The average Bonchev–Trinajstić information content (AvgIpc) is 2.81. The fourth-order valence-electron chi connectivity index (χ4n) is 1.14. The number of nitrogens with zero attached hydrogens (tertiary/aromatic N) is 2. The van der Waals surface area contributed by atoms with Crippen LogP contribution in [-0.2, 0) is 4.79 Å². The van der Waals surface area contributed by atoms with Crippen molar-refractivity contribution in [3.05, 3.63) is 5.89 Å². The second kappa shape index (κ2) is 6.95. The Labute approximate surface area is 107 Å². The second-order valence-electron chi connectivity index (χ2n) is 4.51. The Balaban J connectivity index is 2.35. The molecule has 1 heterocycles. The molecule has 1 aromatic rings. The molecule has 0 saturated heterocycles. The van der Waals surface area contributed by atoms with E-state index in [9.17, 15) is 4.79 Å². The first kappa shape index (κ1) is 14.4. The van der Waals surface area contributed by atoms with Crippen LogP contribution < -0.4 is 16.0 Å². The molecule has 7 nitrogen and oxygen atoms in total. The molecular weight excluding hydrogens is 234 g/mol. The van der Waals surface area contributed by atoms with Gasteiger partial charge in [-0.1, -0.05) is 18.9 Å². The molecule has 0 aliphatic carbocycles. The smallest absolute Gasteiger partial charge is 0.315 e. The van der Waals surface area contributed by atoms with Gasteiger partial charge in [-0.2, -0.15) is 0 Å². The zero-order chi connectivity index (χ0) is 13.5. The molecule has 1 rings (SSSR count). The van der Waals surface area contributed by atoms with Crippen molar-refractivity contribution < 1.29 is 9.21 Å². The summed E-state index contributed by atoms with van der Waals surface area (Å²) in [6.07, 6.45) is 0. The Bertz CT molecular complexity index is 377. The zero-order valence-corrected chi connectivity index (χ0v) is 11.3. The lowest BCUT2D eigenvalue weighted by Crippen LogP contribution is -2.32. The number of nitrogens with one attached hydrogen (secondary N) is 3. The van der Waals surface area contributed by atoms with E-state index in [0.717, 1.165) is 0 Å². The van der Waals surface area contributed by atoms with Crippen molar-refractivity contribution >= 4 is 11.9 Å². The van der Waals surface area contributed by atoms with Crippen molar-refractivity contribution in [3.63, 3.8) is 0 Å². The van der Waals surface area contributed by atoms with Crippen molar-refractivity contribution in [2.24, 2.45) is 5.92 Å². The maximum Gasteiger partial charge on any atom is 0.315 e. The summed E-state index contributed by atoms with van der Waals surface area (Å²) in [6.45, 7) is 6.77. The molecule has 0 aliphatic rings. The number of carbonyl (C=O) groups is 1. The van der Waals surface area contributed by atoms with Gasteiger partial charge in [0, 0.05) is 6.54 Å². The first-order valence-electron chi connectivity index (χ1n) is 6.04. The fraction of sp³-hybridized carbons (Fsp3) is 0.727. The number of amides is 1. The van der Waals surface area contributed by atoms with E-state index in [1.54, 1.807) is 7.05 Å². The van der Waals surface area contributed by atoms with E-state index in [1.165, 1.54) is 0 Å². The Morgan fingerprint density at radius 2 is 2.06 bits per heavy atom. The summed E-state index contributed by atoms with van der Waals surface area (Å²) in [4.78, 5) is 11.4. The molecule has 1 amide bonds. The van der Waals surface area contributed by atoms with Gasteiger partial charge >= 0.3 is 6.01 Å². The molecule has 0 fully saturated rings. The maximum atomic E-state index is 11.4. The monoisotopic (exact) mass is 255 g/mol. The van der Waals surface area contributed by atoms with Crippen LogP contribution >= 0.6 is 0 Å². The van der Waals surface area contributed by atoms with Crippen molar-refractivity contribution in [2.75, 3.05) is 25.5 Å². The highest BCUT2D eigenvalue weighted by Crippen LogP contribution is 2.12. The summed E-state index contributed by atoms with van der Waals surface area (Å²) in [7, 11) is 1.81. The normalized spacial score (nSPS) is 12.5. The minimum Gasteiger partial charge on any atom is -0.406 e. The highest BCUT2D eigenvalue weighted by molar-refractivity contribution is 5.79. The summed E-state index contributed by atoms with van der Waals surface area (Å²) >= 11 is 0. The zero-order valence-electron chi connectivity index (χ0n) is 11.3. The largest absolute Gasteiger partial charge is 0.406 e. The number of hydrogen-bond donors (Lipinski definition) is 3. The van der Waals surface area contributed by atoms with E-state index >= 15 is 0 Å². The molecule has 1 atom stereocenters. The third-order valence-electron chi connectivity index (χ3n) is 2.35. The molecular formula is C11H21N5O2. The van der Waals surface area contributed by atoms with E-state index < -0.39 is 0 Å². The molecule has 0 radical (unpaired) electrons. The molecule has 3 N–H and O–H groups in total. The summed E-state index contributed by atoms with van der Waals surface area (Å²) in [6, 6.07) is 0.245. The topological polar surface area (TPSA) is 92.1 Å². The first-order valence-corrected chi connectivity index (χ1v) is 6.04. The van der Waals surface area contributed by atoms with Gasteiger partial charge in [0.1, 0.15) is 0 Å².